The molecule has 1 fully saturated rings. The van der Waals surface area contributed by atoms with Gasteiger partial charge in [0.15, 0.2) is 6.61 Å². The van der Waals surface area contributed by atoms with Crippen LogP contribution in [0.2, 0.25) is 5.02 Å². The van der Waals surface area contributed by atoms with E-state index in [1.54, 1.807) is 0 Å². The van der Waals surface area contributed by atoms with E-state index in [0.717, 1.165) is 42.5 Å². The van der Waals surface area contributed by atoms with Crippen LogP contribution in [-0.2, 0) is 4.79 Å². The number of benzene rings is 1. The average Bonchev–Trinajstić information content (AvgIpc) is 2.99. The summed E-state index contributed by atoms with van der Waals surface area (Å²) < 4.78 is 5.67. The van der Waals surface area contributed by atoms with Gasteiger partial charge < -0.3 is 4.74 Å². The van der Waals surface area contributed by atoms with E-state index in [1.165, 1.54) is 0 Å². The summed E-state index contributed by atoms with van der Waals surface area (Å²) in [6.45, 7) is 6.02. The van der Waals surface area contributed by atoms with Crippen molar-refractivity contribution >= 4 is 23.2 Å². The minimum Gasteiger partial charge on any atom is -0.483 e. The Balaban J connectivity index is 1.97. The SMILES string of the molecule is Cc1cc(OCC(=O)NN=C2CCCC2)c(C(C)C)cc1Cl. The Morgan fingerprint density at radius 2 is 2.05 bits per heavy atom. The largest absolute Gasteiger partial charge is 0.483 e. The number of hydrazone groups is 1. The van der Waals surface area contributed by atoms with Crippen LogP contribution in [0.5, 0.6) is 5.75 Å². The molecule has 22 heavy (non-hydrogen) atoms. The fourth-order valence-electron chi connectivity index (χ4n) is 2.46. The molecule has 1 aromatic rings. The molecule has 0 unspecified atom stereocenters. The maximum absolute atomic E-state index is 11.8. The van der Waals surface area contributed by atoms with Crippen LogP contribution >= 0.6 is 11.6 Å². The second kappa shape index (κ2) is 7.63. The van der Waals surface area contributed by atoms with E-state index in [2.05, 4.69) is 24.4 Å². The molecule has 1 aliphatic carbocycles. The Labute approximate surface area is 136 Å². The van der Waals surface area contributed by atoms with Crippen molar-refractivity contribution in [1.82, 2.24) is 5.43 Å². The lowest BCUT2D eigenvalue weighted by Crippen LogP contribution is -2.25. The first-order valence-corrected chi connectivity index (χ1v) is 8.12. The number of aryl methyl sites for hydroxylation is 1. The summed E-state index contributed by atoms with van der Waals surface area (Å²) in [4.78, 5) is 11.8. The lowest BCUT2D eigenvalue weighted by atomic mass is 10.0. The van der Waals surface area contributed by atoms with Crippen molar-refractivity contribution < 1.29 is 9.53 Å². The Hall–Kier alpha value is -1.55. The minimum atomic E-state index is -0.235. The van der Waals surface area contributed by atoms with Gasteiger partial charge in [-0.15, -0.1) is 0 Å². The Kier molecular flexibility index (Phi) is 5.83. The highest BCUT2D eigenvalue weighted by atomic mass is 35.5. The molecular weight excluding hydrogens is 300 g/mol. The van der Waals surface area contributed by atoms with Crippen LogP contribution in [0.1, 0.15) is 56.6 Å². The molecule has 1 aliphatic rings. The summed E-state index contributed by atoms with van der Waals surface area (Å²) in [5, 5.41) is 4.86. The van der Waals surface area contributed by atoms with Gasteiger partial charge in [0.1, 0.15) is 5.75 Å². The van der Waals surface area contributed by atoms with Crippen molar-refractivity contribution in [1.29, 1.82) is 0 Å². The molecule has 1 N–H and O–H groups in total. The van der Waals surface area contributed by atoms with Gasteiger partial charge in [0.2, 0.25) is 0 Å². The normalized spacial score (nSPS) is 14.3. The fraction of sp³-hybridized carbons (Fsp3) is 0.529. The molecule has 0 spiro atoms. The van der Waals surface area contributed by atoms with E-state index in [9.17, 15) is 4.79 Å². The zero-order valence-corrected chi connectivity index (χ0v) is 14.2. The Bertz CT molecular complexity index is 574. The Morgan fingerprint density at radius 3 is 2.68 bits per heavy atom. The molecule has 1 saturated carbocycles. The van der Waals surface area contributed by atoms with Gasteiger partial charge in [-0.3, -0.25) is 4.79 Å². The van der Waals surface area contributed by atoms with Crippen LogP contribution in [0, 0.1) is 6.92 Å². The molecule has 0 atom stereocenters. The van der Waals surface area contributed by atoms with E-state index >= 15 is 0 Å². The molecule has 0 aromatic heterocycles. The number of nitrogens with zero attached hydrogens (tertiary/aromatic N) is 1. The first-order valence-electron chi connectivity index (χ1n) is 7.74. The van der Waals surface area contributed by atoms with Crippen LogP contribution < -0.4 is 10.2 Å². The number of ether oxygens (including phenoxy) is 1. The molecule has 0 saturated heterocycles. The zero-order chi connectivity index (χ0) is 16.1. The number of nitrogens with one attached hydrogen (secondary N) is 1. The van der Waals surface area contributed by atoms with E-state index in [1.807, 2.05) is 19.1 Å². The standard InChI is InChI=1S/C17H23ClN2O2/c1-11(2)14-9-15(18)12(3)8-16(14)22-10-17(21)20-19-13-6-4-5-7-13/h8-9,11H,4-7,10H2,1-3H3,(H,20,21). The van der Waals surface area contributed by atoms with Gasteiger partial charge in [-0.25, -0.2) is 5.43 Å². The molecule has 5 heteroatoms. The number of carbonyl (C=O) groups excluding carboxylic acids is 1. The molecule has 120 valence electrons. The third-order valence-corrected chi connectivity index (χ3v) is 4.20. The summed E-state index contributed by atoms with van der Waals surface area (Å²) in [6.07, 6.45) is 4.28. The summed E-state index contributed by atoms with van der Waals surface area (Å²) >= 11 is 6.16. The topological polar surface area (TPSA) is 50.7 Å². The molecule has 1 aromatic carbocycles. The van der Waals surface area contributed by atoms with Crippen molar-refractivity contribution in [2.45, 2.75) is 52.4 Å². The highest BCUT2D eigenvalue weighted by Gasteiger charge is 2.13. The predicted molar refractivity (Wildman–Crippen MR) is 89.8 cm³/mol. The summed E-state index contributed by atoms with van der Waals surface area (Å²) in [7, 11) is 0. The molecule has 0 heterocycles. The number of halogens is 1. The summed E-state index contributed by atoms with van der Waals surface area (Å²) in [5.41, 5.74) is 5.58. The number of hydrogen-bond acceptors (Lipinski definition) is 3. The molecule has 1 amide bonds. The van der Waals surface area contributed by atoms with E-state index < -0.39 is 0 Å². The highest BCUT2D eigenvalue weighted by molar-refractivity contribution is 6.31. The second-order valence-corrected chi connectivity index (χ2v) is 6.41. The predicted octanol–water partition coefficient (Wildman–Crippen LogP) is 4.20. The number of amides is 1. The lowest BCUT2D eigenvalue weighted by molar-refractivity contribution is -0.123. The second-order valence-electron chi connectivity index (χ2n) is 6.00. The van der Waals surface area contributed by atoms with Gasteiger partial charge in [0, 0.05) is 10.7 Å². The summed E-state index contributed by atoms with van der Waals surface area (Å²) in [5.74, 6) is 0.747. The molecule has 0 bridgehead atoms. The third-order valence-electron chi connectivity index (χ3n) is 3.79. The van der Waals surface area contributed by atoms with Gasteiger partial charge >= 0.3 is 0 Å². The smallest absolute Gasteiger partial charge is 0.277 e. The zero-order valence-electron chi connectivity index (χ0n) is 13.4. The van der Waals surface area contributed by atoms with Gasteiger partial charge in [-0.2, -0.15) is 5.10 Å². The lowest BCUT2D eigenvalue weighted by Gasteiger charge is -2.15. The van der Waals surface area contributed by atoms with Crippen molar-refractivity contribution in [3.05, 3.63) is 28.3 Å². The molecule has 4 nitrogen and oxygen atoms in total. The van der Waals surface area contributed by atoms with Gasteiger partial charge in [0.25, 0.3) is 5.91 Å². The average molecular weight is 323 g/mol. The molecule has 0 aliphatic heterocycles. The third kappa shape index (κ3) is 4.47. The number of carbonyl (C=O) groups is 1. The molecular formula is C17H23ClN2O2. The van der Waals surface area contributed by atoms with E-state index in [4.69, 9.17) is 16.3 Å². The minimum absolute atomic E-state index is 0.0441. The summed E-state index contributed by atoms with van der Waals surface area (Å²) in [6, 6.07) is 3.79. The van der Waals surface area contributed by atoms with Crippen LogP contribution in [-0.4, -0.2) is 18.2 Å². The van der Waals surface area contributed by atoms with E-state index in [-0.39, 0.29) is 18.4 Å². The Morgan fingerprint density at radius 1 is 1.36 bits per heavy atom. The maximum atomic E-state index is 11.8. The van der Waals surface area contributed by atoms with Gasteiger partial charge in [-0.1, -0.05) is 25.4 Å². The maximum Gasteiger partial charge on any atom is 0.277 e. The van der Waals surface area contributed by atoms with Crippen molar-refractivity contribution in [3.8, 4) is 5.75 Å². The van der Waals surface area contributed by atoms with Crippen LogP contribution in [0.4, 0.5) is 0 Å². The van der Waals surface area contributed by atoms with E-state index in [0.29, 0.717) is 10.8 Å². The van der Waals surface area contributed by atoms with Crippen LogP contribution in [0.25, 0.3) is 0 Å². The number of rotatable bonds is 5. The van der Waals surface area contributed by atoms with Crippen LogP contribution in [0.3, 0.4) is 0 Å². The molecule has 2 rings (SSSR count). The highest BCUT2D eigenvalue weighted by Crippen LogP contribution is 2.31. The van der Waals surface area contributed by atoms with Crippen molar-refractivity contribution in [2.24, 2.45) is 5.10 Å². The fourth-order valence-corrected chi connectivity index (χ4v) is 2.63. The first-order chi connectivity index (χ1) is 10.5. The van der Waals surface area contributed by atoms with Crippen molar-refractivity contribution in [2.75, 3.05) is 6.61 Å². The van der Waals surface area contributed by atoms with Crippen LogP contribution in [0.15, 0.2) is 17.2 Å². The van der Waals surface area contributed by atoms with Gasteiger partial charge in [0.05, 0.1) is 0 Å². The monoisotopic (exact) mass is 322 g/mol. The first kappa shape index (κ1) is 16.8. The number of hydrogen-bond donors (Lipinski definition) is 1. The van der Waals surface area contributed by atoms with Gasteiger partial charge in [-0.05, 0) is 61.8 Å². The quantitative estimate of drug-likeness (QED) is 0.826. The molecule has 0 radical (unpaired) electrons. The van der Waals surface area contributed by atoms with Crippen molar-refractivity contribution in [3.63, 3.8) is 0 Å².